The SMILES string of the molecule is CCNC(=NCc1cccc(CN2CCCCCC2)c1)NCCCOCC1CCOCC1. The predicted molar refractivity (Wildman–Crippen MR) is 132 cm³/mol. The van der Waals surface area contributed by atoms with Crippen molar-refractivity contribution in [1.29, 1.82) is 0 Å². The largest absolute Gasteiger partial charge is 0.381 e. The molecule has 0 unspecified atom stereocenters. The van der Waals surface area contributed by atoms with Crippen LogP contribution in [-0.4, -0.2) is 63.5 Å². The Morgan fingerprint density at radius 2 is 1.88 bits per heavy atom. The van der Waals surface area contributed by atoms with Crippen LogP contribution in [0.25, 0.3) is 0 Å². The van der Waals surface area contributed by atoms with Gasteiger partial charge in [0, 0.05) is 46.1 Å². The maximum Gasteiger partial charge on any atom is 0.191 e. The summed E-state index contributed by atoms with van der Waals surface area (Å²) in [6, 6.07) is 8.93. The van der Waals surface area contributed by atoms with E-state index in [1.54, 1.807) is 0 Å². The predicted octanol–water partition coefficient (Wildman–Crippen LogP) is 3.95. The minimum Gasteiger partial charge on any atom is -0.381 e. The Bertz CT molecular complexity index is 653. The maximum atomic E-state index is 5.87. The molecule has 32 heavy (non-hydrogen) atoms. The van der Waals surface area contributed by atoms with Crippen LogP contribution in [0.4, 0.5) is 0 Å². The van der Waals surface area contributed by atoms with Crippen LogP contribution in [0.15, 0.2) is 29.3 Å². The van der Waals surface area contributed by atoms with Crippen LogP contribution < -0.4 is 10.6 Å². The first-order valence-corrected chi connectivity index (χ1v) is 12.8. The molecule has 180 valence electrons. The van der Waals surface area contributed by atoms with Crippen LogP contribution in [0.1, 0.15) is 63.0 Å². The third kappa shape index (κ3) is 9.88. The molecule has 0 saturated carbocycles. The second kappa shape index (κ2) is 15.3. The molecule has 1 aromatic carbocycles. The number of hydrogen-bond donors (Lipinski definition) is 2. The van der Waals surface area contributed by atoms with Gasteiger partial charge < -0.3 is 20.1 Å². The highest BCUT2D eigenvalue weighted by Gasteiger charge is 2.13. The standard InChI is InChI=1S/C26H44N4O2/c1-2-27-26(28-13-8-16-32-22-23-11-17-31-18-12-23)29-20-24-9-7-10-25(19-24)21-30-14-5-3-4-6-15-30/h7,9-10,19,23H,2-6,8,11-18,20-22H2,1H3,(H2,27,28,29). The van der Waals surface area contributed by atoms with E-state index < -0.39 is 0 Å². The molecule has 0 spiro atoms. The quantitative estimate of drug-likeness (QED) is 0.307. The Morgan fingerprint density at radius 1 is 1.09 bits per heavy atom. The van der Waals surface area contributed by atoms with Crippen LogP contribution in [0.2, 0.25) is 0 Å². The molecule has 6 nitrogen and oxygen atoms in total. The number of aliphatic imine (C=N–C) groups is 1. The maximum absolute atomic E-state index is 5.87. The number of hydrogen-bond acceptors (Lipinski definition) is 4. The number of guanidine groups is 1. The van der Waals surface area contributed by atoms with Crippen molar-refractivity contribution >= 4 is 5.96 Å². The average Bonchev–Trinajstić information content (AvgIpc) is 3.09. The van der Waals surface area contributed by atoms with E-state index in [0.717, 1.165) is 71.3 Å². The minimum atomic E-state index is 0.672. The summed E-state index contributed by atoms with van der Waals surface area (Å²) >= 11 is 0. The summed E-state index contributed by atoms with van der Waals surface area (Å²) in [6.45, 7) is 11.5. The summed E-state index contributed by atoms with van der Waals surface area (Å²) in [6.07, 6.45) is 8.69. The summed E-state index contributed by atoms with van der Waals surface area (Å²) in [5.41, 5.74) is 2.67. The molecule has 1 aromatic rings. The van der Waals surface area contributed by atoms with Gasteiger partial charge in [-0.3, -0.25) is 4.90 Å². The van der Waals surface area contributed by atoms with Crippen molar-refractivity contribution in [2.24, 2.45) is 10.9 Å². The summed E-state index contributed by atoms with van der Waals surface area (Å²) < 4.78 is 11.3. The van der Waals surface area contributed by atoms with Gasteiger partial charge in [-0.25, -0.2) is 4.99 Å². The Kier molecular flexibility index (Phi) is 11.9. The molecule has 0 atom stereocenters. The fourth-order valence-electron chi connectivity index (χ4n) is 4.44. The van der Waals surface area contributed by atoms with E-state index in [0.29, 0.717) is 12.5 Å². The van der Waals surface area contributed by atoms with E-state index in [1.165, 1.54) is 49.9 Å². The van der Waals surface area contributed by atoms with Crippen molar-refractivity contribution in [2.45, 2.75) is 65.0 Å². The van der Waals surface area contributed by atoms with Gasteiger partial charge in [0.15, 0.2) is 5.96 Å². The van der Waals surface area contributed by atoms with E-state index in [2.05, 4.69) is 46.7 Å². The van der Waals surface area contributed by atoms with Gasteiger partial charge in [0.05, 0.1) is 6.54 Å². The lowest BCUT2D eigenvalue weighted by Gasteiger charge is -2.21. The molecule has 2 N–H and O–H groups in total. The number of rotatable bonds is 11. The smallest absolute Gasteiger partial charge is 0.191 e. The van der Waals surface area contributed by atoms with E-state index in [-0.39, 0.29) is 0 Å². The molecule has 2 aliphatic rings. The third-order valence-corrected chi connectivity index (χ3v) is 6.31. The van der Waals surface area contributed by atoms with E-state index in [9.17, 15) is 0 Å². The first-order valence-electron chi connectivity index (χ1n) is 12.8. The van der Waals surface area contributed by atoms with Gasteiger partial charge in [-0.05, 0) is 69.2 Å². The highest BCUT2D eigenvalue weighted by molar-refractivity contribution is 5.79. The van der Waals surface area contributed by atoms with Gasteiger partial charge in [0.25, 0.3) is 0 Å². The Hall–Kier alpha value is -1.63. The number of likely N-dealkylation sites (tertiary alicyclic amines) is 1. The summed E-state index contributed by atoms with van der Waals surface area (Å²) in [5.74, 6) is 1.56. The van der Waals surface area contributed by atoms with E-state index in [1.807, 2.05) is 0 Å². The van der Waals surface area contributed by atoms with Crippen LogP contribution in [0.5, 0.6) is 0 Å². The van der Waals surface area contributed by atoms with Crippen molar-refractivity contribution in [3.8, 4) is 0 Å². The minimum absolute atomic E-state index is 0.672. The van der Waals surface area contributed by atoms with Gasteiger partial charge in [-0.15, -0.1) is 0 Å². The first kappa shape index (κ1) is 25.0. The number of nitrogens with one attached hydrogen (secondary N) is 2. The normalized spacial score (nSPS) is 19.0. The molecule has 2 aliphatic heterocycles. The zero-order valence-electron chi connectivity index (χ0n) is 20.1. The Labute approximate surface area is 195 Å². The number of ether oxygens (including phenoxy) is 2. The monoisotopic (exact) mass is 444 g/mol. The van der Waals surface area contributed by atoms with Crippen molar-refractivity contribution in [3.63, 3.8) is 0 Å². The summed E-state index contributed by atoms with van der Waals surface area (Å²) in [7, 11) is 0. The molecule has 2 heterocycles. The van der Waals surface area contributed by atoms with Gasteiger partial charge in [-0.1, -0.05) is 37.1 Å². The molecule has 0 bridgehead atoms. The second-order valence-electron chi connectivity index (χ2n) is 9.12. The van der Waals surface area contributed by atoms with Crippen molar-refractivity contribution < 1.29 is 9.47 Å². The molecular weight excluding hydrogens is 400 g/mol. The van der Waals surface area contributed by atoms with E-state index >= 15 is 0 Å². The molecule has 0 radical (unpaired) electrons. The number of nitrogens with zero attached hydrogens (tertiary/aromatic N) is 2. The summed E-state index contributed by atoms with van der Waals surface area (Å²) in [4.78, 5) is 7.41. The average molecular weight is 445 g/mol. The van der Waals surface area contributed by atoms with Gasteiger partial charge >= 0.3 is 0 Å². The highest BCUT2D eigenvalue weighted by atomic mass is 16.5. The van der Waals surface area contributed by atoms with Crippen molar-refractivity contribution in [1.82, 2.24) is 15.5 Å². The van der Waals surface area contributed by atoms with E-state index in [4.69, 9.17) is 14.5 Å². The lowest BCUT2D eigenvalue weighted by molar-refractivity contribution is 0.0203. The molecule has 6 heteroatoms. The van der Waals surface area contributed by atoms with Gasteiger partial charge in [0.2, 0.25) is 0 Å². The molecule has 2 saturated heterocycles. The fraction of sp³-hybridized carbons (Fsp3) is 0.731. The lowest BCUT2D eigenvalue weighted by atomic mass is 10.0. The molecule has 0 aromatic heterocycles. The second-order valence-corrected chi connectivity index (χ2v) is 9.12. The third-order valence-electron chi connectivity index (χ3n) is 6.31. The van der Waals surface area contributed by atoms with Crippen LogP contribution in [0.3, 0.4) is 0 Å². The van der Waals surface area contributed by atoms with Crippen molar-refractivity contribution in [3.05, 3.63) is 35.4 Å². The van der Waals surface area contributed by atoms with Crippen molar-refractivity contribution in [2.75, 3.05) is 52.6 Å². The van der Waals surface area contributed by atoms with Gasteiger partial charge in [0.1, 0.15) is 0 Å². The Balaban J connectivity index is 1.37. The molecule has 0 aliphatic carbocycles. The highest BCUT2D eigenvalue weighted by Crippen LogP contribution is 2.15. The number of benzene rings is 1. The Morgan fingerprint density at radius 3 is 2.66 bits per heavy atom. The lowest BCUT2D eigenvalue weighted by Crippen LogP contribution is -2.38. The zero-order chi connectivity index (χ0) is 22.3. The molecule has 0 amide bonds. The fourth-order valence-corrected chi connectivity index (χ4v) is 4.44. The van der Waals surface area contributed by atoms with Crippen LogP contribution in [0, 0.1) is 5.92 Å². The van der Waals surface area contributed by atoms with Gasteiger partial charge in [-0.2, -0.15) is 0 Å². The topological polar surface area (TPSA) is 58.1 Å². The zero-order valence-corrected chi connectivity index (χ0v) is 20.1. The molecular formula is C26H44N4O2. The molecule has 2 fully saturated rings. The first-order chi connectivity index (χ1) is 15.8. The molecule has 3 rings (SSSR count). The van der Waals surface area contributed by atoms with Crippen LogP contribution in [-0.2, 0) is 22.6 Å². The summed E-state index contributed by atoms with van der Waals surface area (Å²) in [5, 5.41) is 6.81. The van der Waals surface area contributed by atoms with Crippen LogP contribution >= 0.6 is 0 Å².